The van der Waals surface area contributed by atoms with E-state index in [9.17, 15) is 4.79 Å². The molecule has 114 valence electrons. The Morgan fingerprint density at radius 2 is 1.67 bits per heavy atom. The largest absolute Gasteiger partial charge is 0.347 e. The molecule has 0 spiro atoms. The fraction of sp³-hybridized carbons (Fsp3) is 0.611. The molecule has 2 unspecified atom stereocenters. The van der Waals surface area contributed by atoms with Crippen molar-refractivity contribution in [3.05, 3.63) is 35.4 Å². The summed E-state index contributed by atoms with van der Waals surface area (Å²) in [4.78, 5) is 13.8. The number of hydrogen-bond donors (Lipinski definition) is 1. The van der Waals surface area contributed by atoms with Gasteiger partial charge in [-0.15, -0.1) is 0 Å². The zero-order valence-corrected chi connectivity index (χ0v) is 13.1. The Morgan fingerprint density at radius 1 is 1.05 bits per heavy atom. The van der Waals surface area contributed by atoms with Crippen LogP contribution in [0.25, 0.3) is 0 Å². The molecule has 21 heavy (non-hydrogen) atoms. The van der Waals surface area contributed by atoms with Crippen molar-refractivity contribution in [1.82, 2.24) is 10.2 Å². The lowest BCUT2D eigenvalue weighted by molar-refractivity contribution is -0.131. The quantitative estimate of drug-likeness (QED) is 0.926. The summed E-state index contributed by atoms with van der Waals surface area (Å²) in [5.74, 6) is 1.51. The SMILES string of the molecule is CN(C)C(=O)C1CC(c2ccc(C3CCC3)cc2)CCN1. The van der Waals surface area contributed by atoms with Crippen LogP contribution in [0.3, 0.4) is 0 Å². The second-order valence-corrected chi connectivity index (χ2v) is 6.76. The highest BCUT2D eigenvalue weighted by atomic mass is 16.2. The van der Waals surface area contributed by atoms with Crippen LogP contribution in [-0.4, -0.2) is 37.5 Å². The molecule has 0 bridgehead atoms. The number of nitrogens with one attached hydrogen (secondary N) is 1. The van der Waals surface area contributed by atoms with E-state index in [1.807, 2.05) is 14.1 Å². The molecule has 3 nitrogen and oxygen atoms in total. The lowest BCUT2D eigenvalue weighted by Gasteiger charge is -2.32. The average molecular weight is 286 g/mol. The van der Waals surface area contributed by atoms with Crippen molar-refractivity contribution >= 4 is 5.91 Å². The Kier molecular flexibility index (Phi) is 4.29. The third kappa shape index (κ3) is 3.13. The van der Waals surface area contributed by atoms with Crippen LogP contribution in [0.5, 0.6) is 0 Å². The summed E-state index contributed by atoms with van der Waals surface area (Å²) in [6.07, 6.45) is 6.13. The van der Waals surface area contributed by atoms with Crippen LogP contribution in [0.2, 0.25) is 0 Å². The van der Waals surface area contributed by atoms with Gasteiger partial charge in [0.2, 0.25) is 5.91 Å². The van der Waals surface area contributed by atoms with Gasteiger partial charge in [0, 0.05) is 14.1 Å². The molecule has 0 aromatic heterocycles. The van der Waals surface area contributed by atoms with E-state index in [0.717, 1.165) is 25.3 Å². The molecule has 1 aliphatic carbocycles. The number of carbonyl (C=O) groups excluding carboxylic acids is 1. The molecule has 1 aliphatic heterocycles. The van der Waals surface area contributed by atoms with Crippen molar-refractivity contribution < 1.29 is 4.79 Å². The van der Waals surface area contributed by atoms with Crippen LogP contribution in [0.1, 0.15) is 55.1 Å². The Labute approximate surface area is 127 Å². The van der Waals surface area contributed by atoms with E-state index in [4.69, 9.17) is 0 Å². The third-order valence-corrected chi connectivity index (χ3v) is 5.13. The highest BCUT2D eigenvalue weighted by Gasteiger charge is 2.28. The molecule has 3 heteroatoms. The standard InChI is InChI=1S/C18H26N2O/c1-20(2)18(21)17-12-16(10-11-19-17)15-8-6-14(7-9-15)13-4-3-5-13/h6-9,13,16-17,19H,3-5,10-12H2,1-2H3. The molecule has 1 saturated carbocycles. The van der Waals surface area contributed by atoms with Crippen molar-refractivity contribution in [1.29, 1.82) is 0 Å². The minimum atomic E-state index is -0.0231. The maximum absolute atomic E-state index is 12.1. The van der Waals surface area contributed by atoms with Crippen LogP contribution < -0.4 is 5.32 Å². The second kappa shape index (κ2) is 6.18. The topological polar surface area (TPSA) is 32.3 Å². The second-order valence-electron chi connectivity index (χ2n) is 6.76. The first-order valence-corrected chi connectivity index (χ1v) is 8.19. The van der Waals surface area contributed by atoms with E-state index in [1.54, 1.807) is 4.90 Å². The Bertz CT molecular complexity index is 490. The lowest BCUT2D eigenvalue weighted by Crippen LogP contribution is -2.47. The number of benzene rings is 1. The number of rotatable bonds is 3. The van der Waals surface area contributed by atoms with Gasteiger partial charge in [-0.25, -0.2) is 0 Å². The molecule has 1 aromatic carbocycles. The summed E-state index contributed by atoms with van der Waals surface area (Å²) < 4.78 is 0. The summed E-state index contributed by atoms with van der Waals surface area (Å²) in [6, 6.07) is 9.18. The predicted octanol–water partition coefficient (Wildman–Crippen LogP) is 2.88. The minimum absolute atomic E-state index is 0.0231. The number of carbonyl (C=O) groups is 1. The van der Waals surface area contributed by atoms with E-state index < -0.39 is 0 Å². The molecule has 1 heterocycles. The van der Waals surface area contributed by atoms with E-state index >= 15 is 0 Å². The van der Waals surface area contributed by atoms with Gasteiger partial charge in [-0.2, -0.15) is 0 Å². The van der Waals surface area contributed by atoms with E-state index in [1.165, 1.54) is 30.4 Å². The molecule has 1 N–H and O–H groups in total. The van der Waals surface area contributed by atoms with Crippen LogP contribution in [0.15, 0.2) is 24.3 Å². The van der Waals surface area contributed by atoms with E-state index in [2.05, 4.69) is 29.6 Å². The summed E-state index contributed by atoms with van der Waals surface area (Å²) in [5, 5.41) is 3.36. The van der Waals surface area contributed by atoms with Crippen molar-refractivity contribution in [3.63, 3.8) is 0 Å². The number of likely N-dealkylation sites (N-methyl/N-ethyl adjacent to an activating group) is 1. The Morgan fingerprint density at radius 3 is 2.19 bits per heavy atom. The third-order valence-electron chi connectivity index (χ3n) is 5.13. The monoisotopic (exact) mass is 286 g/mol. The van der Waals surface area contributed by atoms with Gasteiger partial charge in [0.05, 0.1) is 6.04 Å². The minimum Gasteiger partial charge on any atom is -0.347 e. The highest BCUT2D eigenvalue weighted by molar-refractivity contribution is 5.81. The molecule has 0 radical (unpaired) electrons. The molecule has 2 atom stereocenters. The first kappa shape index (κ1) is 14.6. The fourth-order valence-electron chi connectivity index (χ4n) is 3.50. The van der Waals surface area contributed by atoms with Crippen LogP contribution in [0, 0.1) is 0 Å². The van der Waals surface area contributed by atoms with Crippen molar-refractivity contribution in [2.75, 3.05) is 20.6 Å². The Hall–Kier alpha value is -1.35. The summed E-state index contributed by atoms with van der Waals surface area (Å²) in [7, 11) is 3.67. The maximum Gasteiger partial charge on any atom is 0.239 e. The molecular weight excluding hydrogens is 260 g/mol. The number of piperidine rings is 1. The van der Waals surface area contributed by atoms with Crippen molar-refractivity contribution in [3.8, 4) is 0 Å². The van der Waals surface area contributed by atoms with E-state index in [0.29, 0.717) is 5.92 Å². The van der Waals surface area contributed by atoms with Gasteiger partial charge in [-0.3, -0.25) is 4.79 Å². The van der Waals surface area contributed by atoms with Gasteiger partial charge >= 0.3 is 0 Å². The first-order chi connectivity index (χ1) is 10.1. The van der Waals surface area contributed by atoms with Crippen molar-refractivity contribution in [2.24, 2.45) is 0 Å². The molecule has 2 fully saturated rings. The van der Waals surface area contributed by atoms with Gasteiger partial charge < -0.3 is 10.2 Å². The number of hydrogen-bond acceptors (Lipinski definition) is 2. The van der Waals surface area contributed by atoms with Crippen LogP contribution >= 0.6 is 0 Å². The molecule has 3 rings (SSSR count). The van der Waals surface area contributed by atoms with Crippen molar-refractivity contribution in [2.45, 2.75) is 50.0 Å². The average Bonchev–Trinajstić information content (AvgIpc) is 2.45. The summed E-state index contributed by atoms with van der Waals surface area (Å²) >= 11 is 0. The van der Waals surface area contributed by atoms with Gasteiger partial charge in [0.25, 0.3) is 0 Å². The number of amides is 1. The zero-order chi connectivity index (χ0) is 14.8. The van der Waals surface area contributed by atoms with E-state index in [-0.39, 0.29) is 11.9 Å². The molecule has 1 aromatic rings. The summed E-state index contributed by atoms with van der Waals surface area (Å²) in [5.41, 5.74) is 2.90. The highest BCUT2D eigenvalue weighted by Crippen LogP contribution is 2.37. The van der Waals surface area contributed by atoms with Gasteiger partial charge in [-0.05, 0) is 55.2 Å². The van der Waals surface area contributed by atoms with Crippen LogP contribution in [-0.2, 0) is 4.79 Å². The normalized spacial score (nSPS) is 26.2. The molecule has 1 amide bonds. The zero-order valence-electron chi connectivity index (χ0n) is 13.1. The smallest absolute Gasteiger partial charge is 0.239 e. The lowest BCUT2D eigenvalue weighted by atomic mass is 9.79. The van der Waals surface area contributed by atoms with Gasteiger partial charge in [0.1, 0.15) is 0 Å². The molecular formula is C18H26N2O. The number of nitrogens with zero attached hydrogens (tertiary/aromatic N) is 1. The Balaban J connectivity index is 1.66. The van der Waals surface area contributed by atoms with Gasteiger partial charge in [0.15, 0.2) is 0 Å². The maximum atomic E-state index is 12.1. The predicted molar refractivity (Wildman–Crippen MR) is 85.5 cm³/mol. The fourth-order valence-corrected chi connectivity index (χ4v) is 3.50. The first-order valence-electron chi connectivity index (χ1n) is 8.19. The molecule has 2 aliphatic rings. The van der Waals surface area contributed by atoms with Gasteiger partial charge in [-0.1, -0.05) is 30.7 Å². The van der Waals surface area contributed by atoms with Crippen LogP contribution in [0.4, 0.5) is 0 Å². The summed E-state index contributed by atoms with van der Waals surface area (Å²) in [6.45, 7) is 0.930. The molecule has 1 saturated heterocycles.